The fraction of sp³-hybridized carbons (Fsp3) is 0.360. The molecule has 178 valence electrons. The summed E-state index contributed by atoms with van der Waals surface area (Å²) in [4.78, 5) is 37.4. The van der Waals surface area contributed by atoms with Crippen LogP contribution in [0.4, 0.5) is 10.9 Å². The first-order valence-electron chi connectivity index (χ1n) is 11.2. The number of carbonyl (C=O) groups is 2. The summed E-state index contributed by atoms with van der Waals surface area (Å²) in [7, 11) is 0. The Morgan fingerprint density at radius 3 is 2.76 bits per heavy atom. The molecule has 1 aliphatic heterocycles. The molecule has 7 nitrogen and oxygen atoms in total. The van der Waals surface area contributed by atoms with Crippen molar-refractivity contribution in [2.45, 2.75) is 61.3 Å². The van der Waals surface area contributed by atoms with Crippen molar-refractivity contribution >= 4 is 45.9 Å². The monoisotopic (exact) mass is 496 g/mol. The molecular weight excluding hydrogens is 468 g/mol. The number of hydrogen-bond donors (Lipinski definition) is 1. The summed E-state index contributed by atoms with van der Waals surface area (Å²) in [6.07, 6.45) is 4.95. The molecule has 3 aromatic rings. The van der Waals surface area contributed by atoms with E-state index in [0.717, 1.165) is 32.0 Å². The van der Waals surface area contributed by atoms with Crippen LogP contribution in [-0.2, 0) is 9.53 Å². The molecule has 2 aromatic heterocycles. The van der Waals surface area contributed by atoms with Gasteiger partial charge in [0.05, 0.1) is 10.4 Å². The van der Waals surface area contributed by atoms with Gasteiger partial charge in [-0.05, 0) is 70.4 Å². The van der Waals surface area contributed by atoms with Crippen LogP contribution in [0.1, 0.15) is 49.5 Å². The Bertz CT molecular complexity index is 1170. The molecule has 1 atom stereocenters. The Labute approximate surface area is 208 Å². The molecule has 0 bridgehead atoms. The van der Waals surface area contributed by atoms with Crippen LogP contribution in [0.25, 0.3) is 0 Å². The molecule has 1 aliphatic rings. The summed E-state index contributed by atoms with van der Waals surface area (Å²) in [6.45, 7) is 7.99. The van der Waals surface area contributed by atoms with Crippen LogP contribution in [-0.4, -0.2) is 44.9 Å². The van der Waals surface area contributed by atoms with Gasteiger partial charge in [0.25, 0.3) is 5.91 Å². The van der Waals surface area contributed by atoms with Crippen LogP contribution in [0.5, 0.6) is 0 Å². The van der Waals surface area contributed by atoms with Gasteiger partial charge in [-0.1, -0.05) is 35.2 Å². The highest BCUT2D eigenvalue weighted by molar-refractivity contribution is 8.01. The van der Waals surface area contributed by atoms with Crippen molar-refractivity contribution in [3.63, 3.8) is 0 Å². The Balaban J connectivity index is 1.48. The SMILES string of the molecule is Cc1ccc(Sc2cnc(Nc3ccccn3)s2)cc1C(=O)N1CCCC1C(=O)OC(C)(C)C. The average molecular weight is 497 g/mol. The lowest BCUT2D eigenvalue weighted by molar-refractivity contribution is -0.159. The number of rotatable bonds is 6. The van der Waals surface area contributed by atoms with E-state index in [9.17, 15) is 9.59 Å². The molecule has 0 saturated carbocycles. The number of aryl methyl sites for hydroxylation is 1. The number of nitrogens with one attached hydrogen (secondary N) is 1. The summed E-state index contributed by atoms with van der Waals surface area (Å²) in [5, 5.41) is 3.95. The van der Waals surface area contributed by atoms with E-state index in [1.807, 2.05) is 64.1 Å². The van der Waals surface area contributed by atoms with E-state index < -0.39 is 11.6 Å². The van der Waals surface area contributed by atoms with Gasteiger partial charge in [-0.3, -0.25) is 4.79 Å². The largest absolute Gasteiger partial charge is 0.458 e. The maximum atomic E-state index is 13.4. The van der Waals surface area contributed by atoms with Crippen molar-refractivity contribution in [3.8, 4) is 0 Å². The van der Waals surface area contributed by atoms with Gasteiger partial charge in [0, 0.05) is 23.2 Å². The number of hydrogen-bond acceptors (Lipinski definition) is 8. The second-order valence-corrected chi connectivity index (χ2v) is 11.5. The first kappa shape index (κ1) is 24.2. The second kappa shape index (κ2) is 10.1. The molecule has 1 unspecified atom stereocenters. The molecule has 0 aliphatic carbocycles. The van der Waals surface area contributed by atoms with Gasteiger partial charge in [0.2, 0.25) is 0 Å². The Hall–Kier alpha value is -2.91. The summed E-state index contributed by atoms with van der Waals surface area (Å²) < 4.78 is 6.56. The van der Waals surface area contributed by atoms with Crippen molar-refractivity contribution in [2.75, 3.05) is 11.9 Å². The van der Waals surface area contributed by atoms with Gasteiger partial charge in [-0.15, -0.1) is 0 Å². The fourth-order valence-corrected chi connectivity index (χ4v) is 5.60. The summed E-state index contributed by atoms with van der Waals surface area (Å²) in [5.74, 6) is 0.274. The maximum Gasteiger partial charge on any atom is 0.329 e. The number of benzene rings is 1. The molecule has 34 heavy (non-hydrogen) atoms. The molecule has 1 amide bonds. The molecule has 0 spiro atoms. The first-order valence-corrected chi connectivity index (χ1v) is 12.8. The smallest absolute Gasteiger partial charge is 0.329 e. The molecule has 9 heteroatoms. The van der Waals surface area contributed by atoms with Crippen molar-refractivity contribution in [3.05, 3.63) is 59.9 Å². The minimum absolute atomic E-state index is 0.130. The first-order chi connectivity index (χ1) is 16.2. The Morgan fingerprint density at radius 1 is 1.21 bits per heavy atom. The van der Waals surface area contributed by atoms with Crippen LogP contribution in [0.15, 0.2) is 57.9 Å². The number of aromatic nitrogens is 2. The summed E-state index contributed by atoms with van der Waals surface area (Å²) in [6, 6.07) is 11.0. The third kappa shape index (κ3) is 5.95. The van der Waals surface area contributed by atoms with Crippen molar-refractivity contribution < 1.29 is 14.3 Å². The molecular formula is C25H28N4O3S2. The van der Waals surface area contributed by atoms with E-state index in [4.69, 9.17) is 4.74 Å². The molecule has 1 saturated heterocycles. The summed E-state index contributed by atoms with van der Waals surface area (Å²) >= 11 is 3.07. The van der Waals surface area contributed by atoms with Crippen LogP contribution < -0.4 is 5.32 Å². The van der Waals surface area contributed by atoms with Gasteiger partial charge >= 0.3 is 5.97 Å². The van der Waals surface area contributed by atoms with E-state index in [0.29, 0.717) is 18.5 Å². The predicted octanol–water partition coefficient (Wildman–Crippen LogP) is 5.69. The zero-order valence-corrected chi connectivity index (χ0v) is 21.3. The number of pyridine rings is 1. The quantitative estimate of drug-likeness (QED) is 0.439. The predicted molar refractivity (Wildman–Crippen MR) is 135 cm³/mol. The van der Waals surface area contributed by atoms with Gasteiger partial charge in [0.1, 0.15) is 17.5 Å². The fourth-order valence-electron chi connectivity index (χ4n) is 3.70. The molecule has 1 fully saturated rings. The molecule has 1 aromatic carbocycles. The number of amides is 1. The van der Waals surface area contributed by atoms with Gasteiger partial charge < -0.3 is 15.0 Å². The number of ether oxygens (including phenoxy) is 1. The number of nitrogens with zero attached hydrogens (tertiary/aromatic N) is 3. The topological polar surface area (TPSA) is 84.4 Å². The van der Waals surface area contributed by atoms with Gasteiger partial charge in [0.15, 0.2) is 5.13 Å². The summed E-state index contributed by atoms with van der Waals surface area (Å²) in [5.41, 5.74) is 0.905. The second-order valence-electron chi connectivity index (χ2n) is 9.09. The van der Waals surface area contributed by atoms with Crippen molar-refractivity contribution in [2.24, 2.45) is 0 Å². The van der Waals surface area contributed by atoms with Crippen molar-refractivity contribution in [1.29, 1.82) is 0 Å². The zero-order chi connectivity index (χ0) is 24.3. The number of likely N-dealkylation sites (tertiary alicyclic amines) is 1. The third-order valence-electron chi connectivity index (χ3n) is 5.23. The minimum Gasteiger partial charge on any atom is -0.458 e. The van der Waals surface area contributed by atoms with Crippen LogP contribution in [0.3, 0.4) is 0 Å². The Kier molecular flexibility index (Phi) is 7.23. The van der Waals surface area contributed by atoms with E-state index in [1.165, 1.54) is 11.3 Å². The van der Waals surface area contributed by atoms with Crippen LogP contribution in [0, 0.1) is 6.92 Å². The standard InChI is InChI=1S/C25H28N4O3S2/c1-16-10-11-17(33-21-15-27-24(34-21)28-20-9-5-6-12-26-20)14-18(16)22(30)29-13-7-8-19(29)23(31)32-25(2,3)4/h5-6,9-12,14-15,19H,7-8,13H2,1-4H3,(H,26,27,28). The molecule has 3 heterocycles. The highest BCUT2D eigenvalue weighted by Gasteiger charge is 2.37. The van der Waals surface area contributed by atoms with Gasteiger partial charge in [-0.2, -0.15) is 0 Å². The molecule has 4 rings (SSSR count). The van der Waals surface area contributed by atoms with Crippen molar-refractivity contribution in [1.82, 2.24) is 14.9 Å². The lowest BCUT2D eigenvalue weighted by Crippen LogP contribution is -2.43. The number of thiazole rings is 1. The third-order valence-corrected chi connectivity index (χ3v) is 7.24. The van der Waals surface area contributed by atoms with E-state index >= 15 is 0 Å². The normalized spacial score (nSPS) is 15.9. The number of carbonyl (C=O) groups excluding carboxylic acids is 2. The van der Waals surface area contributed by atoms with Crippen LogP contribution >= 0.6 is 23.1 Å². The highest BCUT2D eigenvalue weighted by atomic mass is 32.2. The lowest BCUT2D eigenvalue weighted by atomic mass is 10.1. The van der Waals surface area contributed by atoms with Crippen LogP contribution in [0.2, 0.25) is 0 Å². The lowest BCUT2D eigenvalue weighted by Gasteiger charge is -2.28. The molecule has 0 radical (unpaired) electrons. The highest BCUT2D eigenvalue weighted by Crippen LogP contribution is 2.36. The maximum absolute atomic E-state index is 13.4. The zero-order valence-electron chi connectivity index (χ0n) is 19.7. The van der Waals surface area contributed by atoms with Gasteiger partial charge in [-0.25, -0.2) is 14.8 Å². The molecule has 1 N–H and O–H groups in total. The van der Waals surface area contributed by atoms with E-state index in [2.05, 4.69) is 15.3 Å². The minimum atomic E-state index is -0.583. The van der Waals surface area contributed by atoms with E-state index in [1.54, 1.807) is 29.1 Å². The number of anilines is 2. The number of esters is 1. The average Bonchev–Trinajstić information content (AvgIpc) is 3.44. The Morgan fingerprint density at radius 2 is 2.03 bits per heavy atom. The van der Waals surface area contributed by atoms with E-state index in [-0.39, 0.29) is 11.9 Å².